The van der Waals surface area contributed by atoms with E-state index in [1.807, 2.05) is 0 Å². The molecule has 0 saturated heterocycles. The molecule has 0 aliphatic heterocycles. The van der Waals surface area contributed by atoms with Gasteiger partial charge in [-0.3, -0.25) is 0 Å². The number of esters is 2. The minimum Gasteiger partial charge on any atom is -0.497 e. The van der Waals surface area contributed by atoms with Crippen LogP contribution in [0.25, 0.3) is 0 Å². The van der Waals surface area contributed by atoms with Gasteiger partial charge >= 0.3 is 11.9 Å². The predicted molar refractivity (Wildman–Crippen MR) is 102 cm³/mol. The Morgan fingerprint density at radius 1 is 0.571 bits per heavy atom. The van der Waals surface area contributed by atoms with Crippen LogP contribution in [0.5, 0.6) is 23.0 Å². The molecule has 3 aromatic carbocycles. The third-order valence-corrected chi connectivity index (χ3v) is 3.87. The fourth-order valence-electron chi connectivity index (χ4n) is 2.38. The Balaban J connectivity index is 1.61. The molecule has 6 nitrogen and oxygen atoms in total. The van der Waals surface area contributed by atoms with Crippen molar-refractivity contribution in [2.75, 3.05) is 14.2 Å². The molecule has 0 aliphatic rings. The van der Waals surface area contributed by atoms with E-state index in [1.54, 1.807) is 55.6 Å². The number of benzene rings is 3. The summed E-state index contributed by atoms with van der Waals surface area (Å²) in [5, 5.41) is 0. The molecule has 6 heteroatoms. The van der Waals surface area contributed by atoms with E-state index in [0.29, 0.717) is 28.4 Å². The number of ether oxygens (including phenoxy) is 4. The van der Waals surface area contributed by atoms with Crippen LogP contribution >= 0.6 is 0 Å². The van der Waals surface area contributed by atoms with Crippen LogP contribution in [0.15, 0.2) is 72.8 Å². The highest BCUT2D eigenvalue weighted by molar-refractivity contribution is 5.94. The molecule has 0 saturated carbocycles. The Kier molecular flexibility index (Phi) is 5.91. The molecule has 0 N–H and O–H groups in total. The average molecular weight is 378 g/mol. The van der Waals surface area contributed by atoms with Gasteiger partial charge in [-0.05, 0) is 72.8 Å². The highest BCUT2D eigenvalue weighted by atomic mass is 16.5. The van der Waals surface area contributed by atoms with Crippen LogP contribution in [0.3, 0.4) is 0 Å². The third-order valence-electron chi connectivity index (χ3n) is 3.87. The van der Waals surface area contributed by atoms with E-state index < -0.39 is 11.9 Å². The average Bonchev–Trinajstić information content (AvgIpc) is 2.75. The summed E-state index contributed by atoms with van der Waals surface area (Å²) >= 11 is 0. The maximum Gasteiger partial charge on any atom is 0.343 e. The lowest BCUT2D eigenvalue weighted by Crippen LogP contribution is -2.09. The summed E-state index contributed by atoms with van der Waals surface area (Å²) in [6, 6.07) is 19.9. The van der Waals surface area contributed by atoms with Gasteiger partial charge in [0.2, 0.25) is 0 Å². The Morgan fingerprint density at radius 2 is 1.00 bits per heavy atom. The van der Waals surface area contributed by atoms with Crippen molar-refractivity contribution in [2.45, 2.75) is 0 Å². The van der Waals surface area contributed by atoms with E-state index in [9.17, 15) is 9.59 Å². The van der Waals surface area contributed by atoms with E-state index in [2.05, 4.69) is 4.74 Å². The number of methoxy groups -OCH3 is 2. The molecule has 0 amide bonds. The first-order chi connectivity index (χ1) is 13.6. The maximum absolute atomic E-state index is 12.2. The summed E-state index contributed by atoms with van der Waals surface area (Å²) in [5.74, 6) is 1.40. The van der Waals surface area contributed by atoms with Gasteiger partial charge in [-0.15, -0.1) is 0 Å². The van der Waals surface area contributed by atoms with Crippen LogP contribution in [0.4, 0.5) is 0 Å². The molecule has 0 aliphatic carbocycles. The van der Waals surface area contributed by atoms with Crippen molar-refractivity contribution in [2.24, 2.45) is 0 Å². The normalized spacial score (nSPS) is 10.1. The molecule has 0 atom stereocenters. The second kappa shape index (κ2) is 8.73. The standard InChI is InChI=1S/C22H18O6/c1-25-17-7-9-18(10-8-17)27-19-11-13-20(14-12-19)28-22(24)16-5-3-15(4-6-16)21(23)26-2/h3-14H,1-2H3. The molecule has 28 heavy (non-hydrogen) atoms. The molecule has 0 unspecified atom stereocenters. The Morgan fingerprint density at radius 3 is 1.46 bits per heavy atom. The fraction of sp³-hybridized carbons (Fsp3) is 0.0909. The van der Waals surface area contributed by atoms with Crippen molar-refractivity contribution in [1.82, 2.24) is 0 Å². The number of carbonyl (C=O) groups is 2. The van der Waals surface area contributed by atoms with Gasteiger partial charge in [0, 0.05) is 0 Å². The minimum atomic E-state index is -0.528. The summed E-state index contributed by atoms with van der Waals surface area (Å²) in [6.45, 7) is 0. The Bertz CT molecular complexity index is 944. The van der Waals surface area contributed by atoms with Gasteiger partial charge in [0.1, 0.15) is 23.0 Å². The topological polar surface area (TPSA) is 71.1 Å². The second-order valence-corrected chi connectivity index (χ2v) is 5.71. The predicted octanol–water partition coefficient (Wildman–Crippen LogP) is 4.49. The molecule has 0 radical (unpaired) electrons. The lowest BCUT2D eigenvalue weighted by molar-refractivity contribution is 0.0599. The second-order valence-electron chi connectivity index (χ2n) is 5.71. The largest absolute Gasteiger partial charge is 0.497 e. The van der Waals surface area contributed by atoms with Crippen molar-refractivity contribution in [3.63, 3.8) is 0 Å². The quantitative estimate of drug-likeness (QED) is 0.465. The van der Waals surface area contributed by atoms with Gasteiger partial charge in [-0.2, -0.15) is 0 Å². The van der Waals surface area contributed by atoms with Gasteiger partial charge in [0.05, 0.1) is 25.3 Å². The van der Waals surface area contributed by atoms with Gasteiger partial charge in [-0.25, -0.2) is 9.59 Å². The maximum atomic E-state index is 12.2. The van der Waals surface area contributed by atoms with Crippen LogP contribution in [0.1, 0.15) is 20.7 Å². The number of hydrogen-bond acceptors (Lipinski definition) is 6. The number of carbonyl (C=O) groups excluding carboxylic acids is 2. The zero-order chi connectivity index (χ0) is 19.9. The molecule has 0 bridgehead atoms. The first-order valence-corrected chi connectivity index (χ1v) is 8.41. The fourth-order valence-corrected chi connectivity index (χ4v) is 2.38. The molecule has 0 spiro atoms. The molecule has 3 rings (SSSR count). The molecule has 0 fully saturated rings. The van der Waals surface area contributed by atoms with Crippen molar-refractivity contribution in [3.05, 3.63) is 83.9 Å². The number of rotatable bonds is 6. The van der Waals surface area contributed by atoms with E-state index in [0.717, 1.165) is 5.75 Å². The highest BCUT2D eigenvalue weighted by Gasteiger charge is 2.11. The first kappa shape index (κ1) is 19.0. The van der Waals surface area contributed by atoms with Crippen LogP contribution < -0.4 is 14.2 Å². The summed E-state index contributed by atoms with van der Waals surface area (Å²) in [4.78, 5) is 23.6. The first-order valence-electron chi connectivity index (χ1n) is 8.41. The van der Waals surface area contributed by atoms with Crippen LogP contribution in [-0.4, -0.2) is 26.2 Å². The van der Waals surface area contributed by atoms with E-state index >= 15 is 0 Å². The van der Waals surface area contributed by atoms with Crippen molar-refractivity contribution < 1.29 is 28.5 Å². The molecular weight excluding hydrogens is 360 g/mol. The van der Waals surface area contributed by atoms with E-state index in [4.69, 9.17) is 14.2 Å². The summed E-state index contributed by atoms with van der Waals surface area (Å²) in [7, 11) is 2.90. The zero-order valence-corrected chi connectivity index (χ0v) is 15.4. The van der Waals surface area contributed by atoms with E-state index in [-0.39, 0.29) is 0 Å². The molecule has 0 heterocycles. The molecular formula is C22H18O6. The van der Waals surface area contributed by atoms with Crippen molar-refractivity contribution >= 4 is 11.9 Å². The molecule has 0 aromatic heterocycles. The van der Waals surface area contributed by atoms with Crippen LogP contribution in [0.2, 0.25) is 0 Å². The zero-order valence-electron chi connectivity index (χ0n) is 15.4. The van der Waals surface area contributed by atoms with Crippen molar-refractivity contribution in [3.8, 4) is 23.0 Å². The Labute approximate surface area is 162 Å². The van der Waals surface area contributed by atoms with Gasteiger partial charge in [-0.1, -0.05) is 0 Å². The smallest absolute Gasteiger partial charge is 0.343 e. The molecule has 142 valence electrons. The number of hydrogen-bond donors (Lipinski definition) is 0. The van der Waals surface area contributed by atoms with Gasteiger partial charge < -0.3 is 18.9 Å². The summed E-state index contributed by atoms with van der Waals surface area (Å²) in [6.07, 6.45) is 0. The van der Waals surface area contributed by atoms with Crippen LogP contribution in [0, 0.1) is 0 Å². The lowest BCUT2D eigenvalue weighted by Gasteiger charge is -2.08. The lowest BCUT2D eigenvalue weighted by atomic mass is 10.1. The van der Waals surface area contributed by atoms with Crippen LogP contribution in [-0.2, 0) is 4.74 Å². The summed E-state index contributed by atoms with van der Waals surface area (Å²) < 4.78 is 20.8. The van der Waals surface area contributed by atoms with Gasteiger partial charge in [0.25, 0.3) is 0 Å². The molecule has 3 aromatic rings. The van der Waals surface area contributed by atoms with Crippen molar-refractivity contribution in [1.29, 1.82) is 0 Å². The van der Waals surface area contributed by atoms with Gasteiger partial charge in [0.15, 0.2) is 0 Å². The SMILES string of the molecule is COC(=O)c1ccc(C(=O)Oc2ccc(Oc3ccc(OC)cc3)cc2)cc1. The van der Waals surface area contributed by atoms with E-state index in [1.165, 1.54) is 31.4 Å². The third kappa shape index (κ3) is 4.67. The Hall–Kier alpha value is -3.80. The minimum absolute atomic E-state index is 0.325. The monoisotopic (exact) mass is 378 g/mol. The highest BCUT2D eigenvalue weighted by Crippen LogP contribution is 2.26. The summed E-state index contributed by atoms with van der Waals surface area (Å²) in [5.41, 5.74) is 0.685.